The van der Waals surface area contributed by atoms with Gasteiger partial charge in [-0.05, 0) is 23.6 Å². The topological polar surface area (TPSA) is 58.4 Å². The van der Waals surface area contributed by atoms with Crippen molar-refractivity contribution in [1.29, 1.82) is 0 Å². The minimum absolute atomic E-state index is 0.00298. The molecule has 33 heavy (non-hydrogen) atoms. The van der Waals surface area contributed by atoms with Gasteiger partial charge < -0.3 is 14.4 Å². The molecule has 1 aliphatic rings. The molecule has 1 aliphatic heterocycles. The van der Waals surface area contributed by atoms with Gasteiger partial charge >= 0.3 is 0 Å². The number of rotatable bonds is 6. The number of benzene rings is 2. The number of hydrogen-bond acceptors (Lipinski definition) is 3. The molecule has 0 bridgehead atoms. The van der Waals surface area contributed by atoms with Crippen molar-refractivity contribution in [2.24, 2.45) is 13.0 Å². The molecule has 0 N–H and O–H groups in total. The lowest BCUT2D eigenvalue weighted by molar-refractivity contribution is -0.134. The second-order valence-electron chi connectivity index (χ2n) is 8.26. The minimum atomic E-state index is -0.393. The quantitative estimate of drug-likeness (QED) is 0.544. The number of imidazole rings is 1. The summed E-state index contributed by atoms with van der Waals surface area (Å²) in [5.41, 5.74) is 2.28. The van der Waals surface area contributed by atoms with E-state index in [9.17, 15) is 14.0 Å². The van der Waals surface area contributed by atoms with E-state index >= 15 is 0 Å². The van der Waals surface area contributed by atoms with Crippen molar-refractivity contribution in [3.05, 3.63) is 90.8 Å². The Kier molecular flexibility index (Phi) is 6.68. The highest BCUT2D eigenvalue weighted by molar-refractivity contribution is 5.91. The normalized spacial score (nSPS) is 16.5. The van der Waals surface area contributed by atoms with Crippen LogP contribution in [0.15, 0.2) is 73.6 Å². The third-order valence-electron chi connectivity index (χ3n) is 6.01. The maximum atomic E-state index is 14.1. The Morgan fingerprint density at radius 1 is 1.18 bits per heavy atom. The van der Waals surface area contributed by atoms with Crippen LogP contribution < -0.4 is 0 Å². The van der Waals surface area contributed by atoms with Crippen LogP contribution in [-0.4, -0.2) is 57.3 Å². The Labute approximate surface area is 193 Å². The lowest BCUT2D eigenvalue weighted by Crippen LogP contribution is -2.38. The zero-order chi connectivity index (χ0) is 23.4. The van der Waals surface area contributed by atoms with Crippen molar-refractivity contribution >= 4 is 11.8 Å². The first-order chi connectivity index (χ1) is 16.0. The van der Waals surface area contributed by atoms with Crippen molar-refractivity contribution in [3.8, 4) is 11.1 Å². The van der Waals surface area contributed by atoms with Gasteiger partial charge in [0.2, 0.25) is 5.91 Å². The molecule has 2 aromatic carbocycles. The van der Waals surface area contributed by atoms with E-state index < -0.39 is 5.92 Å². The van der Waals surface area contributed by atoms with Crippen LogP contribution in [0.25, 0.3) is 11.1 Å². The molecular formula is C26H27FN4O2. The summed E-state index contributed by atoms with van der Waals surface area (Å²) in [7, 11) is 1.78. The van der Waals surface area contributed by atoms with E-state index in [2.05, 4.69) is 11.6 Å². The van der Waals surface area contributed by atoms with Crippen LogP contribution in [-0.2, 0) is 18.3 Å². The fraction of sp³-hybridized carbons (Fsp3) is 0.269. The van der Waals surface area contributed by atoms with Gasteiger partial charge in [-0.15, -0.1) is 6.58 Å². The minimum Gasteiger partial charge on any atom is -0.337 e. The monoisotopic (exact) mass is 446 g/mol. The molecule has 1 aromatic heterocycles. The fourth-order valence-corrected chi connectivity index (χ4v) is 4.23. The number of aromatic nitrogens is 2. The van der Waals surface area contributed by atoms with E-state index in [4.69, 9.17) is 0 Å². The molecule has 0 radical (unpaired) electrons. The molecule has 1 fully saturated rings. The maximum absolute atomic E-state index is 14.1. The highest BCUT2D eigenvalue weighted by Crippen LogP contribution is 2.24. The molecule has 1 atom stereocenters. The Bertz CT molecular complexity index is 1160. The molecular weight excluding hydrogens is 419 g/mol. The third-order valence-corrected chi connectivity index (χ3v) is 6.01. The molecule has 6 nitrogen and oxygen atoms in total. The summed E-state index contributed by atoms with van der Waals surface area (Å²) in [6.45, 7) is 5.40. The Morgan fingerprint density at radius 3 is 2.61 bits per heavy atom. The van der Waals surface area contributed by atoms with E-state index in [1.807, 2.05) is 24.3 Å². The number of hydrogen-bond donors (Lipinski definition) is 0. The zero-order valence-electron chi connectivity index (χ0n) is 18.7. The predicted molar refractivity (Wildman–Crippen MR) is 125 cm³/mol. The van der Waals surface area contributed by atoms with Crippen LogP contribution in [0.1, 0.15) is 16.2 Å². The average Bonchev–Trinajstić information content (AvgIpc) is 3.19. The highest BCUT2D eigenvalue weighted by atomic mass is 19.1. The van der Waals surface area contributed by atoms with Crippen LogP contribution >= 0.6 is 0 Å². The smallest absolute Gasteiger partial charge is 0.289 e. The first kappa shape index (κ1) is 22.5. The highest BCUT2D eigenvalue weighted by Gasteiger charge is 2.33. The van der Waals surface area contributed by atoms with Gasteiger partial charge in [-0.2, -0.15) is 0 Å². The summed E-state index contributed by atoms with van der Waals surface area (Å²) in [5.74, 6) is -0.491. The van der Waals surface area contributed by atoms with Gasteiger partial charge in [0.15, 0.2) is 5.82 Å². The van der Waals surface area contributed by atoms with Gasteiger partial charge in [-0.25, -0.2) is 9.37 Å². The summed E-state index contributed by atoms with van der Waals surface area (Å²) in [6, 6.07) is 14.2. The summed E-state index contributed by atoms with van der Waals surface area (Å²) < 4.78 is 15.8. The molecule has 2 heterocycles. The van der Waals surface area contributed by atoms with Crippen LogP contribution in [0, 0.1) is 11.7 Å². The Balaban J connectivity index is 1.56. The van der Waals surface area contributed by atoms with Gasteiger partial charge in [0.25, 0.3) is 5.91 Å². The van der Waals surface area contributed by atoms with Gasteiger partial charge in [-0.1, -0.05) is 48.5 Å². The van der Waals surface area contributed by atoms with Crippen LogP contribution in [0.3, 0.4) is 0 Å². The molecule has 170 valence electrons. The van der Waals surface area contributed by atoms with Gasteiger partial charge in [-0.3, -0.25) is 9.59 Å². The molecule has 3 aromatic rings. The van der Waals surface area contributed by atoms with E-state index in [0.29, 0.717) is 44.0 Å². The summed E-state index contributed by atoms with van der Waals surface area (Å²) in [4.78, 5) is 34.0. The van der Waals surface area contributed by atoms with Crippen LogP contribution in [0.5, 0.6) is 0 Å². The fourth-order valence-electron chi connectivity index (χ4n) is 4.23. The lowest BCUT2D eigenvalue weighted by atomic mass is 9.95. The SMILES string of the molecule is C=CCN1CCN(C(=O)c2nccn2C)C[C@H](Cc2ccc(-c3ccccc3F)cc2)C1=O. The number of carbonyl (C=O) groups excluding carboxylic acids is 2. The summed E-state index contributed by atoms with van der Waals surface area (Å²) in [6.07, 6.45) is 5.51. The second kappa shape index (κ2) is 9.81. The molecule has 2 amide bonds. The van der Waals surface area contributed by atoms with E-state index in [-0.39, 0.29) is 17.6 Å². The van der Waals surface area contributed by atoms with Crippen molar-refractivity contribution in [3.63, 3.8) is 0 Å². The maximum Gasteiger partial charge on any atom is 0.289 e. The van der Waals surface area contributed by atoms with E-state index in [1.165, 1.54) is 6.07 Å². The average molecular weight is 447 g/mol. The van der Waals surface area contributed by atoms with Crippen molar-refractivity contribution in [2.75, 3.05) is 26.2 Å². The largest absolute Gasteiger partial charge is 0.337 e. The van der Waals surface area contributed by atoms with Crippen LogP contribution in [0.2, 0.25) is 0 Å². The van der Waals surface area contributed by atoms with Gasteiger partial charge in [0.05, 0.1) is 5.92 Å². The van der Waals surface area contributed by atoms with Crippen molar-refractivity contribution in [1.82, 2.24) is 19.4 Å². The predicted octanol–water partition coefficient (Wildman–Crippen LogP) is 3.56. The van der Waals surface area contributed by atoms with Crippen LogP contribution in [0.4, 0.5) is 4.39 Å². The molecule has 7 heteroatoms. The molecule has 0 spiro atoms. The molecule has 0 saturated carbocycles. The number of carbonyl (C=O) groups is 2. The number of halogens is 1. The summed E-state index contributed by atoms with van der Waals surface area (Å²) >= 11 is 0. The second-order valence-corrected chi connectivity index (χ2v) is 8.26. The third kappa shape index (κ3) is 4.87. The van der Waals surface area contributed by atoms with E-state index in [1.54, 1.807) is 58.1 Å². The summed E-state index contributed by atoms with van der Waals surface area (Å²) in [5, 5.41) is 0. The van der Waals surface area contributed by atoms with Crippen molar-refractivity contribution < 1.29 is 14.0 Å². The standard InChI is InChI=1S/C26H27FN4O2/c1-3-13-30-15-16-31(26(33)24-28-12-14-29(24)2)18-21(25(30)32)17-19-8-10-20(11-9-19)22-6-4-5-7-23(22)27/h3-12,14,21H,1,13,15-18H2,2H3/t21-/m0/s1. The van der Waals surface area contributed by atoms with Gasteiger partial charge in [0.1, 0.15) is 5.82 Å². The number of amides is 2. The zero-order valence-corrected chi connectivity index (χ0v) is 18.7. The Morgan fingerprint density at radius 2 is 1.94 bits per heavy atom. The lowest BCUT2D eigenvalue weighted by Gasteiger charge is -2.23. The molecule has 1 saturated heterocycles. The number of nitrogens with zero attached hydrogens (tertiary/aromatic N) is 4. The first-order valence-corrected chi connectivity index (χ1v) is 11.0. The number of aryl methyl sites for hydroxylation is 1. The van der Waals surface area contributed by atoms with Crippen molar-refractivity contribution in [2.45, 2.75) is 6.42 Å². The Hall–Kier alpha value is -3.74. The molecule has 0 aliphatic carbocycles. The molecule has 0 unspecified atom stereocenters. The first-order valence-electron chi connectivity index (χ1n) is 11.0. The van der Waals surface area contributed by atoms with Gasteiger partial charge in [0, 0.05) is 51.2 Å². The molecule has 4 rings (SSSR count). The van der Waals surface area contributed by atoms with E-state index in [0.717, 1.165) is 11.1 Å².